The SMILES string of the molecule is Nc1nc([C@@H]2C(=O)N3C(C(=O)O)=C(Sc4ccccc4I)C(NC(=O)/C=N/O)S[C@H]23)cs1. The van der Waals surface area contributed by atoms with Crippen LogP contribution in [0, 0.1) is 3.57 Å². The van der Waals surface area contributed by atoms with Crippen molar-refractivity contribution in [3.8, 4) is 0 Å². The van der Waals surface area contributed by atoms with Gasteiger partial charge in [-0.25, -0.2) is 9.78 Å². The molecular weight excluding hydrogens is 589 g/mol. The van der Waals surface area contributed by atoms with E-state index in [0.717, 1.165) is 20.2 Å². The number of nitrogen functional groups attached to an aromatic ring is 1. The summed E-state index contributed by atoms with van der Waals surface area (Å²) in [6.45, 7) is 0. The van der Waals surface area contributed by atoms with Gasteiger partial charge in [-0.3, -0.25) is 14.5 Å². The molecule has 14 heteroatoms. The van der Waals surface area contributed by atoms with Gasteiger partial charge in [-0.15, -0.1) is 23.1 Å². The third-order valence-corrected chi connectivity index (χ3v) is 9.36. The number of thioether (sulfide) groups is 2. The van der Waals surface area contributed by atoms with E-state index in [1.54, 1.807) is 5.38 Å². The number of anilines is 1. The number of carbonyl (C=O) groups excluding carboxylic acids is 2. The molecule has 5 N–H and O–H groups in total. The van der Waals surface area contributed by atoms with Crippen LogP contribution >= 0.6 is 57.5 Å². The minimum Gasteiger partial charge on any atom is -0.477 e. The van der Waals surface area contributed by atoms with Crippen LogP contribution in [-0.2, 0) is 14.4 Å². The van der Waals surface area contributed by atoms with Crippen molar-refractivity contribution in [3.63, 3.8) is 0 Å². The maximum absolute atomic E-state index is 13.0. The summed E-state index contributed by atoms with van der Waals surface area (Å²) in [5.74, 6) is -3.07. The summed E-state index contributed by atoms with van der Waals surface area (Å²) in [5.41, 5.74) is 5.97. The highest BCUT2D eigenvalue weighted by atomic mass is 127. The maximum atomic E-state index is 13.0. The summed E-state index contributed by atoms with van der Waals surface area (Å²) in [7, 11) is 0. The van der Waals surface area contributed by atoms with Crippen LogP contribution in [0.2, 0.25) is 0 Å². The fraction of sp³-hybridized carbons (Fsp3) is 0.167. The predicted octanol–water partition coefficient (Wildman–Crippen LogP) is 2.32. The average molecular weight is 603 g/mol. The Kier molecular flexibility index (Phi) is 6.64. The number of carbonyl (C=O) groups is 3. The number of rotatable bonds is 6. The van der Waals surface area contributed by atoms with E-state index in [1.165, 1.54) is 28.0 Å². The minimum absolute atomic E-state index is 0.200. The van der Waals surface area contributed by atoms with Gasteiger partial charge in [0.05, 0.1) is 10.6 Å². The van der Waals surface area contributed by atoms with E-state index in [1.807, 2.05) is 24.3 Å². The second-order valence-corrected chi connectivity index (χ2v) is 10.9. The van der Waals surface area contributed by atoms with Gasteiger partial charge in [0.1, 0.15) is 28.6 Å². The number of halogens is 1. The summed E-state index contributed by atoms with van der Waals surface area (Å²) in [6, 6.07) is 7.35. The van der Waals surface area contributed by atoms with Crippen LogP contribution in [0.5, 0.6) is 0 Å². The van der Waals surface area contributed by atoms with Crippen LogP contribution in [0.1, 0.15) is 11.6 Å². The zero-order chi connectivity index (χ0) is 23.0. The van der Waals surface area contributed by atoms with Gasteiger partial charge in [-0.1, -0.05) is 29.1 Å². The van der Waals surface area contributed by atoms with Gasteiger partial charge in [0.25, 0.3) is 5.91 Å². The predicted molar refractivity (Wildman–Crippen MR) is 129 cm³/mol. The van der Waals surface area contributed by atoms with Gasteiger partial charge >= 0.3 is 5.97 Å². The number of thiazole rings is 1. The smallest absolute Gasteiger partial charge is 0.353 e. The molecule has 32 heavy (non-hydrogen) atoms. The fourth-order valence-corrected chi connectivity index (χ4v) is 7.34. The molecule has 1 aromatic carbocycles. The molecule has 2 aliphatic heterocycles. The quantitative estimate of drug-likeness (QED) is 0.128. The lowest BCUT2D eigenvalue weighted by molar-refractivity contribution is -0.148. The Morgan fingerprint density at radius 2 is 2.12 bits per heavy atom. The van der Waals surface area contributed by atoms with Crippen LogP contribution < -0.4 is 11.1 Å². The normalized spacial score (nSPS) is 22.6. The highest BCUT2D eigenvalue weighted by Crippen LogP contribution is 2.53. The number of aliphatic carboxylic acids is 1. The third-order valence-electron chi connectivity index (χ3n) is 4.60. The highest BCUT2D eigenvalue weighted by molar-refractivity contribution is 14.1. The molecule has 2 aliphatic rings. The van der Waals surface area contributed by atoms with Crippen LogP contribution in [0.3, 0.4) is 0 Å². The molecule has 1 saturated heterocycles. The summed E-state index contributed by atoms with van der Waals surface area (Å²) in [5, 5.41) is 24.7. The van der Waals surface area contributed by atoms with Crippen molar-refractivity contribution >= 4 is 86.6 Å². The van der Waals surface area contributed by atoms with Gasteiger partial charge in [0, 0.05) is 13.8 Å². The zero-order valence-corrected chi connectivity index (χ0v) is 20.4. The van der Waals surface area contributed by atoms with Crippen LogP contribution in [0.4, 0.5) is 5.13 Å². The van der Waals surface area contributed by atoms with E-state index in [-0.39, 0.29) is 10.6 Å². The maximum Gasteiger partial charge on any atom is 0.353 e. The number of oxime groups is 1. The number of β-lactam (4-membered cyclic amide) rings is 1. The fourth-order valence-electron chi connectivity index (χ4n) is 3.28. The Morgan fingerprint density at radius 3 is 2.75 bits per heavy atom. The first-order chi connectivity index (χ1) is 15.3. The van der Waals surface area contributed by atoms with E-state index in [4.69, 9.17) is 10.9 Å². The van der Waals surface area contributed by atoms with E-state index in [0.29, 0.717) is 17.0 Å². The van der Waals surface area contributed by atoms with Crippen LogP contribution in [0.15, 0.2) is 50.3 Å². The van der Waals surface area contributed by atoms with E-state index in [9.17, 15) is 19.5 Å². The lowest BCUT2D eigenvalue weighted by Gasteiger charge is -2.50. The number of benzene rings is 1. The second kappa shape index (κ2) is 9.29. The monoisotopic (exact) mass is 603 g/mol. The van der Waals surface area contributed by atoms with Crippen LogP contribution in [-0.4, -0.2) is 54.9 Å². The number of hydrogen-bond donors (Lipinski definition) is 4. The topological polar surface area (TPSA) is 158 Å². The Hall–Kier alpha value is -2.30. The first kappa shape index (κ1) is 22.9. The highest BCUT2D eigenvalue weighted by Gasteiger charge is 2.57. The van der Waals surface area contributed by atoms with Crippen molar-refractivity contribution < 1.29 is 24.7 Å². The van der Waals surface area contributed by atoms with Crippen molar-refractivity contribution in [1.29, 1.82) is 0 Å². The van der Waals surface area contributed by atoms with Crippen molar-refractivity contribution in [1.82, 2.24) is 15.2 Å². The molecule has 4 rings (SSSR count). The van der Waals surface area contributed by atoms with Gasteiger partial charge < -0.3 is 21.4 Å². The van der Waals surface area contributed by atoms with Crippen molar-refractivity contribution in [2.45, 2.75) is 21.6 Å². The molecule has 1 fully saturated rings. The Balaban J connectivity index is 1.78. The molecule has 0 radical (unpaired) electrons. The summed E-state index contributed by atoms with van der Waals surface area (Å²) in [6.07, 6.45) is 0.687. The molecular formula is C18H14IN5O5S3. The molecule has 0 aliphatic carbocycles. The standard InChI is InChI=1S/C18H14IN5O5S3/c19-7-3-1-2-4-9(7)31-13-12(17(27)28)24-15(26)11(8-6-30-18(20)22-8)16(24)32-14(13)23-10(25)5-21-29/h1-6,11,14,16,29H,(H2,20,22)(H,23,25)(H,27,28)/b21-5+/t11-,14?,16-/m1/s1. The third kappa shape index (κ3) is 4.18. The molecule has 3 atom stereocenters. The number of fused-ring (bicyclic) bond motifs is 1. The minimum atomic E-state index is -1.29. The van der Waals surface area contributed by atoms with Gasteiger partial charge in [-0.05, 0) is 34.7 Å². The number of nitrogens with zero attached hydrogens (tertiary/aromatic N) is 3. The number of hydrogen-bond acceptors (Lipinski definition) is 10. The second-order valence-electron chi connectivity index (χ2n) is 6.51. The number of nitrogens with one attached hydrogen (secondary N) is 1. The van der Waals surface area contributed by atoms with Crippen molar-refractivity contribution in [2.24, 2.45) is 5.16 Å². The summed E-state index contributed by atoms with van der Waals surface area (Å²) in [4.78, 5) is 43.9. The molecule has 1 unspecified atom stereocenters. The molecule has 10 nitrogen and oxygen atoms in total. The van der Waals surface area contributed by atoms with E-state index < -0.39 is 34.4 Å². The lowest BCUT2D eigenvalue weighted by Crippen LogP contribution is -2.62. The van der Waals surface area contributed by atoms with Crippen molar-refractivity contribution in [3.05, 3.63) is 49.5 Å². The Morgan fingerprint density at radius 1 is 1.38 bits per heavy atom. The summed E-state index contributed by atoms with van der Waals surface area (Å²) >= 11 is 5.69. The molecule has 3 heterocycles. The van der Waals surface area contributed by atoms with Crippen LogP contribution in [0.25, 0.3) is 0 Å². The molecule has 1 aromatic heterocycles. The Labute approximate surface area is 207 Å². The van der Waals surface area contributed by atoms with Gasteiger partial charge in [0.15, 0.2) is 5.13 Å². The molecule has 2 amide bonds. The summed E-state index contributed by atoms with van der Waals surface area (Å²) < 4.78 is 0.882. The lowest BCUT2D eigenvalue weighted by atomic mass is 9.93. The number of carboxylic acid groups (broad SMARTS) is 1. The first-order valence-electron chi connectivity index (χ1n) is 8.89. The molecule has 166 valence electrons. The van der Waals surface area contributed by atoms with Gasteiger partial charge in [0.2, 0.25) is 5.91 Å². The van der Waals surface area contributed by atoms with Gasteiger partial charge in [-0.2, -0.15) is 0 Å². The zero-order valence-electron chi connectivity index (χ0n) is 15.8. The first-order valence-corrected chi connectivity index (χ1v) is 12.6. The molecule has 0 spiro atoms. The average Bonchev–Trinajstić information content (AvgIpc) is 3.15. The molecule has 0 bridgehead atoms. The molecule has 0 saturated carbocycles. The number of aromatic nitrogens is 1. The van der Waals surface area contributed by atoms with E-state index >= 15 is 0 Å². The van der Waals surface area contributed by atoms with Crippen molar-refractivity contribution in [2.75, 3.05) is 5.73 Å². The number of carboxylic acids is 1. The van der Waals surface area contributed by atoms with E-state index in [2.05, 4.69) is 38.0 Å². The molecule has 2 aromatic rings. The largest absolute Gasteiger partial charge is 0.477 e. The Bertz CT molecular complexity index is 1170. The number of nitrogens with two attached hydrogens (primary N) is 1. The number of amides is 2.